The Kier molecular flexibility index (Phi) is 2.33. The fraction of sp³-hybridized carbons (Fsp3) is 0.133. The number of fused-ring (bicyclic) bond motifs is 3. The molecule has 0 spiro atoms. The number of rotatable bonds is 2. The van der Waals surface area contributed by atoms with E-state index in [1.54, 1.807) is 20.3 Å². The van der Waals surface area contributed by atoms with E-state index in [9.17, 15) is 4.79 Å². The minimum atomic E-state index is -0.00338. The number of carbonyl (C=O) groups excluding carboxylic acids is 1. The summed E-state index contributed by atoms with van der Waals surface area (Å²) < 4.78 is 10.6. The summed E-state index contributed by atoms with van der Waals surface area (Å²) in [6.07, 6.45) is 0. The highest BCUT2D eigenvalue weighted by molar-refractivity contribution is 6.24. The van der Waals surface area contributed by atoms with Crippen LogP contribution in [0, 0.1) is 0 Å². The molecule has 0 saturated heterocycles. The van der Waals surface area contributed by atoms with Gasteiger partial charge in [-0.25, -0.2) is 0 Å². The van der Waals surface area contributed by atoms with Gasteiger partial charge in [0, 0.05) is 11.1 Å². The average Bonchev–Trinajstić information content (AvgIpc) is 2.73. The normalized spacial score (nSPS) is 12.0. The van der Waals surface area contributed by atoms with Gasteiger partial charge in [-0.1, -0.05) is 24.3 Å². The number of hydrogen-bond donors (Lipinski definition) is 0. The zero-order chi connectivity index (χ0) is 12.7. The molecule has 0 N–H and O–H groups in total. The quantitative estimate of drug-likeness (QED) is 0.691. The van der Waals surface area contributed by atoms with Crippen LogP contribution < -0.4 is 9.47 Å². The summed E-state index contributed by atoms with van der Waals surface area (Å²) in [6.45, 7) is 0. The van der Waals surface area contributed by atoms with Crippen molar-refractivity contribution >= 4 is 5.78 Å². The molecule has 1 aliphatic rings. The summed E-state index contributed by atoms with van der Waals surface area (Å²) >= 11 is 0. The first-order chi connectivity index (χ1) is 8.77. The zero-order valence-corrected chi connectivity index (χ0v) is 10.2. The van der Waals surface area contributed by atoms with Crippen molar-refractivity contribution in [2.24, 2.45) is 0 Å². The molecular weight excluding hydrogens is 228 g/mol. The van der Waals surface area contributed by atoms with Gasteiger partial charge < -0.3 is 9.47 Å². The Bertz CT molecular complexity index is 644. The van der Waals surface area contributed by atoms with Gasteiger partial charge in [-0.3, -0.25) is 4.79 Å². The maximum absolute atomic E-state index is 12.4. The van der Waals surface area contributed by atoms with Gasteiger partial charge in [0.05, 0.1) is 19.8 Å². The summed E-state index contributed by atoms with van der Waals surface area (Å²) in [7, 11) is 3.17. The van der Waals surface area contributed by atoms with E-state index in [0.717, 1.165) is 11.1 Å². The van der Waals surface area contributed by atoms with E-state index in [1.807, 2.05) is 30.3 Å². The fourth-order valence-electron chi connectivity index (χ4n) is 2.43. The molecule has 0 radical (unpaired) electrons. The number of methoxy groups -OCH3 is 2. The maximum Gasteiger partial charge on any atom is 0.198 e. The van der Waals surface area contributed by atoms with Gasteiger partial charge in [0.1, 0.15) is 11.5 Å². The van der Waals surface area contributed by atoms with Gasteiger partial charge in [0.25, 0.3) is 0 Å². The van der Waals surface area contributed by atoms with Crippen molar-refractivity contribution in [2.75, 3.05) is 14.2 Å². The molecule has 2 aromatic carbocycles. The topological polar surface area (TPSA) is 35.5 Å². The summed E-state index contributed by atoms with van der Waals surface area (Å²) in [5.41, 5.74) is 3.04. The molecule has 3 heteroatoms. The molecule has 3 nitrogen and oxygen atoms in total. The summed E-state index contributed by atoms with van der Waals surface area (Å²) in [4.78, 5) is 12.4. The SMILES string of the molecule is COc1ccc(OC)c2c1C(=O)c1ccccc1-2. The van der Waals surface area contributed by atoms with E-state index in [1.165, 1.54) is 0 Å². The van der Waals surface area contributed by atoms with Crippen LogP contribution in [-0.2, 0) is 0 Å². The largest absolute Gasteiger partial charge is 0.496 e. The number of carbonyl (C=O) groups is 1. The Morgan fingerprint density at radius 2 is 1.33 bits per heavy atom. The number of ether oxygens (including phenoxy) is 2. The molecule has 0 aromatic heterocycles. The van der Waals surface area contributed by atoms with E-state index in [0.29, 0.717) is 22.6 Å². The lowest BCUT2D eigenvalue weighted by Gasteiger charge is -2.10. The van der Waals surface area contributed by atoms with Crippen LogP contribution in [0.3, 0.4) is 0 Å². The molecule has 0 saturated carbocycles. The number of benzene rings is 2. The predicted octanol–water partition coefficient (Wildman–Crippen LogP) is 2.92. The number of hydrogen-bond acceptors (Lipinski definition) is 3. The van der Waals surface area contributed by atoms with E-state index in [4.69, 9.17) is 9.47 Å². The highest BCUT2D eigenvalue weighted by Crippen LogP contribution is 2.46. The fourth-order valence-corrected chi connectivity index (χ4v) is 2.43. The minimum Gasteiger partial charge on any atom is -0.496 e. The van der Waals surface area contributed by atoms with Gasteiger partial charge in [0.15, 0.2) is 5.78 Å². The van der Waals surface area contributed by atoms with Crippen LogP contribution in [0.4, 0.5) is 0 Å². The first kappa shape index (κ1) is 10.8. The molecule has 1 aliphatic carbocycles. The Labute approximate surface area is 105 Å². The highest BCUT2D eigenvalue weighted by Gasteiger charge is 2.32. The van der Waals surface area contributed by atoms with Crippen molar-refractivity contribution in [2.45, 2.75) is 0 Å². The lowest BCUT2D eigenvalue weighted by Crippen LogP contribution is -1.99. The Balaban J connectivity index is 2.40. The highest BCUT2D eigenvalue weighted by atomic mass is 16.5. The molecule has 0 atom stereocenters. The first-order valence-electron chi connectivity index (χ1n) is 5.67. The lowest BCUT2D eigenvalue weighted by atomic mass is 10.0. The Morgan fingerprint density at radius 1 is 0.778 bits per heavy atom. The summed E-state index contributed by atoms with van der Waals surface area (Å²) in [5, 5.41) is 0. The molecule has 18 heavy (non-hydrogen) atoms. The van der Waals surface area contributed by atoms with Gasteiger partial charge in [-0.15, -0.1) is 0 Å². The Hall–Kier alpha value is -2.29. The molecule has 0 fully saturated rings. The number of ketones is 1. The molecule has 0 unspecified atom stereocenters. The predicted molar refractivity (Wildman–Crippen MR) is 68.4 cm³/mol. The molecule has 2 aromatic rings. The van der Waals surface area contributed by atoms with Crippen molar-refractivity contribution in [3.05, 3.63) is 47.5 Å². The van der Waals surface area contributed by atoms with Crippen molar-refractivity contribution in [3.8, 4) is 22.6 Å². The lowest BCUT2D eigenvalue weighted by molar-refractivity contribution is 0.104. The first-order valence-corrected chi connectivity index (χ1v) is 5.67. The molecular formula is C15H12O3. The van der Waals surface area contributed by atoms with Crippen LogP contribution in [0.15, 0.2) is 36.4 Å². The molecule has 90 valence electrons. The average molecular weight is 240 g/mol. The van der Waals surface area contributed by atoms with Crippen LogP contribution >= 0.6 is 0 Å². The van der Waals surface area contributed by atoms with E-state index >= 15 is 0 Å². The van der Waals surface area contributed by atoms with Crippen LogP contribution in [0.1, 0.15) is 15.9 Å². The van der Waals surface area contributed by atoms with Crippen LogP contribution in [-0.4, -0.2) is 20.0 Å². The molecule has 0 bridgehead atoms. The summed E-state index contributed by atoms with van der Waals surface area (Å²) in [5.74, 6) is 1.28. The van der Waals surface area contributed by atoms with Crippen LogP contribution in [0.25, 0.3) is 11.1 Å². The van der Waals surface area contributed by atoms with Crippen LogP contribution in [0.5, 0.6) is 11.5 Å². The van der Waals surface area contributed by atoms with Crippen molar-refractivity contribution in [1.82, 2.24) is 0 Å². The van der Waals surface area contributed by atoms with Gasteiger partial charge >= 0.3 is 0 Å². The summed E-state index contributed by atoms with van der Waals surface area (Å²) in [6, 6.07) is 11.1. The monoisotopic (exact) mass is 240 g/mol. The van der Waals surface area contributed by atoms with Gasteiger partial charge in [-0.05, 0) is 17.7 Å². The van der Waals surface area contributed by atoms with Crippen molar-refractivity contribution in [3.63, 3.8) is 0 Å². The smallest absolute Gasteiger partial charge is 0.198 e. The molecule has 0 heterocycles. The molecule has 0 aliphatic heterocycles. The zero-order valence-electron chi connectivity index (χ0n) is 10.2. The maximum atomic E-state index is 12.4. The third-order valence-corrected chi connectivity index (χ3v) is 3.24. The molecule has 3 rings (SSSR count). The second-order valence-corrected chi connectivity index (χ2v) is 4.09. The second-order valence-electron chi connectivity index (χ2n) is 4.09. The third-order valence-electron chi connectivity index (χ3n) is 3.24. The second kappa shape index (κ2) is 3.88. The Morgan fingerprint density at radius 3 is 1.94 bits per heavy atom. The van der Waals surface area contributed by atoms with Crippen molar-refractivity contribution in [1.29, 1.82) is 0 Å². The van der Waals surface area contributed by atoms with E-state index in [2.05, 4.69) is 0 Å². The van der Waals surface area contributed by atoms with Crippen molar-refractivity contribution < 1.29 is 14.3 Å². The molecule has 0 amide bonds. The van der Waals surface area contributed by atoms with Crippen LogP contribution in [0.2, 0.25) is 0 Å². The third kappa shape index (κ3) is 1.27. The van der Waals surface area contributed by atoms with Gasteiger partial charge in [0.2, 0.25) is 0 Å². The van der Waals surface area contributed by atoms with Gasteiger partial charge in [-0.2, -0.15) is 0 Å². The minimum absolute atomic E-state index is 0.00338. The van der Waals surface area contributed by atoms with E-state index < -0.39 is 0 Å². The standard InChI is InChI=1S/C15H12O3/c1-17-11-7-8-12(18-2)14-13(11)9-5-3-4-6-10(9)15(14)16/h3-8H,1-2H3. The van der Waals surface area contributed by atoms with E-state index in [-0.39, 0.29) is 5.78 Å².